The van der Waals surface area contributed by atoms with E-state index in [-0.39, 0.29) is 0 Å². The number of H-pyrrole nitrogens is 1. The fourth-order valence-corrected chi connectivity index (χ4v) is 1.49. The third-order valence-corrected chi connectivity index (χ3v) is 2.13. The van der Waals surface area contributed by atoms with Gasteiger partial charge in [-0.05, 0) is 13.0 Å². The van der Waals surface area contributed by atoms with E-state index in [1.807, 2.05) is 0 Å². The van der Waals surface area contributed by atoms with Gasteiger partial charge >= 0.3 is 0 Å². The van der Waals surface area contributed by atoms with Crippen molar-refractivity contribution in [2.45, 2.75) is 6.92 Å². The van der Waals surface area contributed by atoms with Crippen LogP contribution in [0.2, 0.25) is 0 Å². The molecule has 0 aliphatic rings. The number of aryl methyl sites for hydroxylation is 1. The molecular formula is C11H11N. The Bertz CT molecular complexity index is 520. The Morgan fingerprint density at radius 2 is 1.75 bits per heavy atom. The summed E-state index contributed by atoms with van der Waals surface area (Å²) in [5, 5.41) is 4.26. The molecule has 1 aromatic carbocycles. The molecule has 60 valence electrons. The van der Waals surface area contributed by atoms with Crippen LogP contribution in [-0.4, -0.2) is 4.98 Å². The SMILES string of the molecule is C=c1[nH]c(=C)c2cc(C)ccc12. The summed E-state index contributed by atoms with van der Waals surface area (Å²) >= 11 is 0. The summed E-state index contributed by atoms with van der Waals surface area (Å²) in [4.78, 5) is 3.12. The number of aromatic nitrogens is 1. The maximum atomic E-state index is 3.92. The van der Waals surface area contributed by atoms with E-state index in [0.29, 0.717) is 0 Å². The molecule has 12 heavy (non-hydrogen) atoms. The van der Waals surface area contributed by atoms with Crippen LogP contribution in [0.15, 0.2) is 18.2 Å². The van der Waals surface area contributed by atoms with Gasteiger partial charge in [0.25, 0.3) is 0 Å². The summed E-state index contributed by atoms with van der Waals surface area (Å²) in [6, 6.07) is 6.30. The predicted molar refractivity (Wildman–Crippen MR) is 53.3 cm³/mol. The molecule has 1 N–H and O–H groups in total. The van der Waals surface area contributed by atoms with E-state index >= 15 is 0 Å². The van der Waals surface area contributed by atoms with Crippen molar-refractivity contribution >= 4 is 23.9 Å². The number of nitrogens with one attached hydrogen (secondary N) is 1. The Balaban J connectivity index is 3.10. The fourth-order valence-electron chi connectivity index (χ4n) is 1.49. The van der Waals surface area contributed by atoms with E-state index in [4.69, 9.17) is 0 Å². The van der Waals surface area contributed by atoms with Crippen LogP contribution in [0.1, 0.15) is 5.56 Å². The van der Waals surface area contributed by atoms with Gasteiger partial charge in [-0.2, -0.15) is 0 Å². The van der Waals surface area contributed by atoms with Crippen LogP contribution in [0.3, 0.4) is 0 Å². The molecule has 2 aromatic rings. The van der Waals surface area contributed by atoms with Crippen LogP contribution in [0.25, 0.3) is 23.9 Å². The van der Waals surface area contributed by atoms with E-state index in [9.17, 15) is 0 Å². The highest BCUT2D eigenvalue weighted by Gasteiger charge is 1.96. The molecule has 1 heteroatoms. The molecule has 0 bridgehead atoms. The van der Waals surface area contributed by atoms with Gasteiger partial charge in [0.15, 0.2) is 0 Å². The summed E-state index contributed by atoms with van der Waals surface area (Å²) in [5.74, 6) is 0. The number of hydrogen-bond donors (Lipinski definition) is 1. The lowest BCUT2D eigenvalue weighted by Crippen LogP contribution is -2.05. The zero-order chi connectivity index (χ0) is 8.72. The minimum absolute atomic E-state index is 0.954. The molecule has 0 atom stereocenters. The highest BCUT2D eigenvalue weighted by atomic mass is 14.7. The first-order valence-corrected chi connectivity index (χ1v) is 3.95. The van der Waals surface area contributed by atoms with Gasteiger partial charge < -0.3 is 4.98 Å². The molecule has 2 rings (SSSR count). The van der Waals surface area contributed by atoms with Crippen LogP contribution >= 0.6 is 0 Å². The van der Waals surface area contributed by atoms with Gasteiger partial charge in [0.05, 0.1) is 0 Å². The maximum absolute atomic E-state index is 3.92. The lowest BCUT2D eigenvalue weighted by Gasteiger charge is -1.91. The molecule has 0 amide bonds. The first-order chi connectivity index (χ1) is 5.68. The highest BCUT2D eigenvalue weighted by Crippen LogP contribution is 2.06. The van der Waals surface area contributed by atoms with E-state index in [1.165, 1.54) is 16.3 Å². The second-order valence-electron chi connectivity index (χ2n) is 3.13. The van der Waals surface area contributed by atoms with Gasteiger partial charge in [0, 0.05) is 21.5 Å². The van der Waals surface area contributed by atoms with E-state index in [1.54, 1.807) is 0 Å². The number of aromatic amines is 1. The highest BCUT2D eigenvalue weighted by molar-refractivity contribution is 5.83. The lowest BCUT2D eigenvalue weighted by molar-refractivity contribution is 1.30. The van der Waals surface area contributed by atoms with Gasteiger partial charge in [-0.25, -0.2) is 0 Å². The van der Waals surface area contributed by atoms with Crippen molar-refractivity contribution in [3.05, 3.63) is 34.5 Å². The summed E-state index contributed by atoms with van der Waals surface area (Å²) in [7, 11) is 0. The Morgan fingerprint density at radius 3 is 2.50 bits per heavy atom. The van der Waals surface area contributed by atoms with Crippen molar-refractivity contribution < 1.29 is 0 Å². The van der Waals surface area contributed by atoms with E-state index < -0.39 is 0 Å². The van der Waals surface area contributed by atoms with Crippen LogP contribution in [0.4, 0.5) is 0 Å². The van der Waals surface area contributed by atoms with E-state index in [2.05, 4.69) is 43.3 Å². The molecule has 0 saturated carbocycles. The van der Waals surface area contributed by atoms with Crippen LogP contribution in [-0.2, 0) is 0 Å². The van der Waals surface area contributed by atoms with Crippen molar-refractivity contribution in [1.29, 1.82) is 0 Å². The molecule has 1 aromatic heterocycles. The maximum Gasteiger partial charge on any atom is 0.0391 e. The molecule has 0 unspecified atom stereocenters. The number of rotatable bonds is 0. The van der Waals surface area contributed by atoms with Gasteiger partial charge in [-0.1, -0.05) is 30.9 Å². The van der Waals surface area contributed by atoms with Crippen molar-refractivity contribution in [3.8, 4) is 0 Å². The molecule has 0 aliphatic carbocycles. The molecule has 0 radical (unpaired) electrons. The van der Waals surface area contributed by atoms with E-state index in [0.717, 1.165) is 10.7 Å². The van der Waals surface area contributed by atoms with Crippen molar-refractivity contribution in [1.82, 2.24) is 4.98 Å². The molecule has 0 fully saturated rings. The van der Waals surface area contributed by atoms with Gasteiger partial charge in [0.1, 0.15) is 0 Å². The Labute approximate surface area is 71.0 Å². The van der Waals surface area contributed by atoms with Crippen LogP contribution in [0.5, 0.6) is 0 Å². The first-order valence-electron chi connectivity index (χ1n) is 3.95. The quantitative estimate of drug-likeness (QED) is 0.593. The topological polar surface area (TPSA) is 15.8 Å². The van der Waals surface area contributed by atoms with Gasteiger partial charge in [-0.3, -0.25) is 0 Å². The Kier molecular flexibility index (Phi) is 1.34. The first kappa shape index (κ1) is 7.17. The molecule has 0 spiro atoms. The molecular weight excluding hydrogens is 146 g/mol. The van der Waals surface area contributed by atoms with Crippen molar-refractivity contribution in [2.24, 2.45) is 0 Å². The third kappa shape index (κ3) is 0.866. The van der Waals surface area contributed by atoms with Gasteiger partial charge in [-0.15, -0.1) is 0 Å². The normalized spacial score (nSPS) is 10.8. The Morgan fingerprint density at radius 1 is 1.08 bits per heavy atom. The zero-order valence-electron chi connectivity index (χ0n) is 7.15. The smallest absolute Gasteiger partial charge is 0.0391 e. The monoisotopic (exact) mass is 157 g/mol. The Hall–Kier alpha value is -1.50. The third-order valence-electron chi connectivity index (χ3n) is 2.13. The minimum atomic E-state index is 0.954. The molecule has 1 heterocycles. The molecule has 1 nitrogen and oxygen atoms in total. The largest absolute Gasteiger partial charge is 0.355 e. The molecule has 0 aliphatic heterocycles. The van der Waals surface area contributed by atoms with Crippen LogP contribution in [0, 0.1) is 6.92 Å². The molecule has 0 saturated heterocycles. The summed E-state index contributed by atoms with van der Waals surface area (Å²) in [6.07, 6.45) is 0. The summed E-state index contributed by atoms with van der Waals surface area (Å²) in [5.41, 5.74) is 1.26. The van der Waals surface area contributed by atoms with Gasteiger partial charge in [0.2, 0.25) is 0 Å². The number of benzene rings is 1. The number of hydrogen-bond acceptors (Lipinski definition) is 0. The number of fused-ring (bicyclic) bond motifs is 1. The van der Waals surface area contributed by atoms with Crippen molar-refractivity contribution in [2.75, 3.05) is 0 Å². The fraction of sp³-hybridized carbons (Fsp3) is 0.0909. The zero-order valence-corrected chi connectivity index (χ0v) is 7.15. The summed E-state index contributed by atoms with van der Waals surface area (Å²) < 4.78 is 0. The predicted octanol–water partition coefficient (Wildman–Crippen LogP) is 1.30. The average Bonchev–Trinajstić information content (AvgIpc) is 2.28. The second-order valence-corrected chi connectivity index (χ2v) is 3.13. The summed E-state index contributed by atoms with van der Waals surface area (Å²) in [6.45, 7) is 9.90. The second kappa shape index (κ2) is 2.24. The van der Waals surface area contributed by atoms with Crippen molar-refractivity contribution in [3.63, 3.8) is 0 Å². The average molecular weight is 157 g/mol. The minimum Gasteiger partial charge on any atom is -0.355 e. The standard InChI is InChI=1S/C11H11N/c1-7-4-5-10-8(2)12-9(3)11(10)6-7/h4-6,12H,2-3H2,1H3. The van der Waals surface area contributed by atoms with Crippen LogP contribution < -0.4 is 10.7 Å². The lowest BCUT2D eigenvalue weighted by atomic mass is 10.1.